The van der Waals surface area contributed by atoms with E-state index in [0.717, 1.165) is 11.3 Å². The Balaban J connectivity index is 2.10. The minimum absolute atomic E-state index is 0.213. The van der Waals surface area contributed by atoms with Crippen LogP contribution in [-0.4, -0.2) is 15.1 Å². The summed E-state index contributed by atoms with van der Waals surface area (Å²) in [5.74, 6) is 0.905. The van der Waals surface area contributed by atoms with Gasteiger partial charge in [0.25, 0.3) is 0 Å². The number of aryl methyl sites for hydroxylation is 1. The van der Waals surface area contributed by atoms with E-state index in [1.165, 1.54) is 0 Å². The lowest BCUT2D eigenvalue weighted by atomic mass is 10.2. The Morgan fingerprint density at radius 3 is 2.76 bits per heavy atom. The molecule has 0 fully saturated rings. The minimum Gasteiger partial charge on any atom is -0.508 e. The predicted octanol–water partition coefficient (Wildman–Crippen LogP) is 2.76. The summed E-state index contributed by atoms with van der Waals surface area (Å²) in [6, 6.07) is 8.94. The van der Waals surface area contributed by atoms with Crippen molar-refractivity contribution in [1.82, 2.24) is 9.97 Å². The molecule has 2 aromatic rings. The van der Waals surface area contributed by atoms with E-state index < -0.39 is 0 Å². The Bertz CT molecular complexity index is 511. The van der Waals surface area contributed by atoms with Gasteiger partial charge in [-0.05, 0) is 24.6 Å². The standard InChI is InChI=1S/C12H12ClN3O/c1-8-6-11(16-12(13)15-8)14-7-9-4-2-3-5-10(9)17/h2-6,17H,7H2,1H3,(H,14,15,16). The van der Waals surface area contributed by atoms with E-state index in [1.54, 1.807) is 18.2 Å². The van der Waals surface area contributed by atoms with Crippen LogP contribution in [0.2, 0.25) is 5.28 Å². The molecule has 5 heteroatoms. The summed E-state index contributed by atoms with van der Waals surface area (Å²) in [6.45, 7) is 2.33. The smallest absolute Gasteiger partial charge is 0.224 e. The van der Waals surface area contributed by atoms with Crippen LogP contribution in [0.1, 0.15) is 11.3 Å². The van der Waals surface area contributed by atoms with Crippen LogP contribution in [0.25, 0.3) is 0 Å². The Kier molecular flexibility index (Phi) is 3.44. The maximum absolute atomic E-state index is 9.60. The average molecular weight is 250 g/mol. The molecule has 2 N–H and O–H groups in total. The number of nitrogens with one attached hydrogen (secondary N) is 1. The molecule has 88 valence electrons. The number of benzene rings is 1. The zero-order valence-electron chi connectivity index (χ0n) is 9.31. The van der Waals surface area contributed by atoms with E-state index >= 15 is 0 Å². The van der Waals surface area contributed by atoms with Gasteiger partial charge in [0, 0.05) is 23.9 Å². The highest BCUT2D eigenvalue weighted by atomic mass is 35.5. The Hall–Kier alpha value is -1.81. The summed E-state index contributed by atoms with van der Waals surface area (Å²) in [5, 5.41) is 12.9. The molecular formula is C12H12ClN3O. The van der Waals surface area contributed by atoms with E-state index in [0.29, 0.717) is 12.4 Å². The topological polar surface area (TPSA) is 58.0 Å². The number of anilines is 1. The van der Waals surface area contributed by atoms with Crippen LogP contribution in [0.15, 0.2) is 30.3 Å². The maximum atomic E-state index is 9.60. The van der Waals surface area contributed by atoms with E-state index in [2.05, 4.69) is 15.3 Å². The van der Waals surface area contributed by atoms with Gasteiger partial charge in [-0.1, -0.05) is 18.2 Å². The van der Waals surface area contributed by atoms with E-state index in [1.807, 2.05) is 19.1 Å². The number of hydrogen-bond acceptors (Lipinski definition) is 4. The number of phenols is 1. The maximum Gasteiger partial charge on any atom is 0.224 e. The third kappa shape index (κ3) is 3.07. The molecule has 1 aromatic carbocycles. The lowest BCUT2D eigenvalue weighted by Gasteiger charge is -2.07. The van der Waals surface area contributed by atoms with Crippen molar-refractivity contribution >= 4 is 17.4 Å². The molecule has 0 aliphatic heterocycles. The zero-order chi connectivity index (χ0) is 12.3. The van der Waals surface area contributed by atoms with Crippen molar-refractivity contribution in [1.29, 1.82) is 0 Å². The van der Waals surface area contributed by atoms with Gasteiger partial charge in [0.05, 0.1) is 0 Å². The van der Waals surface area contributed by atoms with Crippen molar-refractivity contribution < 1.29 is 5.11 Å². The highest BCUT2D eigenvalue weighted by Crippen LogP contribution is 2.17. The number of aromatic nitrogens is 2. The third-order valence-electron chi connectivity index (χ3n) is 2.28. The fraction of sp³-hybridized carbons (Fsp3) is 0.167. The zero-order valence-corrected chi connectivity index (χ0v) is 10.1. The van der Waals surface area contributed by atoms with Gasteiger partial charge in [0.2, 0.25) is 5.28 Å². The SMILES string of the molecule is Cc1cc(NCc2ccccc2O)nc(Cl)n1. The molecule has 0 radical (unpaired) electrons. The molecule has 1 heterocycles. The van der Waals surface area contributed by atoms with Crippen LogP contribution < -0.4 is 5.32 Å². The fourth-order valence-electron chi connectivity index (χ4n) is 1.47. The van der Waals surface area contributed by atoms with E-state index in [4.69, 9.17) is 11.6 Å². The summed E-state index contributed by atoms with van der Waals surface area (Å²) in [4.78, 5) is 8.01. The van der Waals surface area contributed by atoms with E-state index in [-0.39, 0.29) is 11.0 Å². The van der Waals surface area contributed by atoms with Crippen LogP contribution in [0, 0.1) is 6.92 Å². The highest BCUT2D eigenvalue weighted by molar-refractivity contribution is 6.28. The van der Waals surface area contributed by atoms with Gasteiger partial charge in [-0.15, -0.1) is 0 Å². The molecule has 0 atom stereocenters. The first kappa shape index (κ1) is 11.7. The first-order chi connectivity index (χ1) is 8.15. The van der Waals surface area contributed by atoms with Gasteiger partial charge in [-0.25, -0.2) is 9.97 Å². The van der Waals surface area contributed by atoms with Crippen molar-refractivity contribution in [2.24, 2.45) is 0 Å². The molecule has 0 aliphatic rings. The average Bonchev–Trinajstić information content (AvgIpc) is 2.27. The van der Waals surface area contributed by atoms with Crippen LogP contribution in [0.3, 0.4) is 0 Å². The second-order valence-corrected chi connectivity index (χ2v) is 3.98. The van der Waals surface area contributed by atoms with Gasteiger partial charge < -0.3 is 10.4 Å². The van der Waals surface area contributed by atoms with Crippen LogP contribution in [0.4, 0.5) is 5.82 Å². The van der Waals surface area contributed by atoms with Crippen LogP contribution in [0.5, 0.6) is 5.75 Å². The van der Waals surface area contributed by atoms with Gasteiger partial charge in [0.15, 0.2) is 0 Å². The Labute approximate surface area is 104 Å². The molecule has 2 rings (SSSR count). The van der Waals surface area contributed by atoms with Crippen molar-refractivity contribution in [3.05, 3.63) is 46.9 Å². The molecule has 0 spiro atoms. The predicted molar refractivity (Wildman–Crippen MR) is 67.2 cm³/mol. The molecule has 0 bridgehead atoms. The second kappa shape index (κ2) is 5.01. The molecule has 17 heavy (non-hydrogen) atoms. The Morgan fingerprint density at radius 2 is 2.06 bits per heavy atom. The summed E-state index contributed by atoms with van der Waals surface area (Å²) >= 11 is 5.75. The van der Waals surface area contributed by atoms with Crippen LogP contribution in [-0.2, 0) is 6.54 Å². The lowest BCUT2D eigenvalue weighted by molar-refractivity contribution is 0.469. The number of phenolic OH excluding ortho intramolecular Hbond substituents is 1. The van der Waals surface area contributed by atoms with Crippen LogP contribution >= 0.6 is 11.6 Å². The second-order valence-electron chi connectivity index (χ2n) is 3.65. The summed E-state index contributed by atoms with van der Waals surface area (Å²) in [7, 11) is 0. The van der Waals surface area contributed by atoms with Crippen molar-refractivity contribution in [2.45, 2.75) is 13.5 Å². The Morgan fingerprint density at radius 1 is 1.29 bits per heavy atom. The molecule has 1 aromatic heterocycles. The van der Waals surface area contributed by atoms with Gasteiger partial charge in [0.1, 0.15) is 11.6 Å². The van der Waals surface area contributed by atoms with Crippen molar-refractivity contribution in [2.75, 3.05) is 5.32 Å². The summed E-state index contributed by atoms with van der Waals surface area (Å²) in [6.07, 6.45) is 0. The summed E-state index contributed by atoms with van der Waals surface area (Å²) in [5.41, 5.74) is 1.60. The van der Waals surface area contributed by atoms with Gasteiger partial charge in [-0.3, -0.25) is 0 Å². The normalized spacial score (nSPS) is 10.2. The molecule has 0 saturated carbocycles. The quantitative estimate of drug-likeness (QED) is 0.822. The van der Waals surface area contributed by atoms with Crippen molar-refractivity contribution in [3.8, 4) is 5.75 Å². The fourth-order valence-corrected chi connectivity index (χ4v) is 1.69. The minimum atomic E-state index is 0.213. The first-order valence-electron chi connectivity index (χ1n) is 5.17. The van der Waals surface area contributed by atoms with Crippen molar-refractivity contribution in [3.63, 3.8) is 0 Å². The lowest BCUT2D eigenvalue weighted by Crippen LogP contribution is -2.03. The number of hydrogen-bond donors (Lipinski definition) is 2. The largest absolute Gasteiger partial charge is 0.508 e. The third-order valence-corrected chi connectivity index (χ3v) is 2.45. The first-order valence-corrected chi connectivity index (χ1v) is 5.55. The molecule has 0 saturated heterocycles. The van der Waals surface area contributed by atoms with Gasteiger partial charge >= 0.3 is 0 Å². The molecular weight excluding hydrogens is 238 g/mol. The number of nitrogens with zero attached hydrogens (tertiary/aromatic N) is 2. The number of rotatable bonds is 3. The number of aromatic hydroxyl groups is 1. The van der Waals surface area contributed by atoms with E-state index in [9.17, 15) is 5.11 Å². The molecule has 0 aliphatic carbocycles. The molecule has 0 amide bonds. The monoisotopic (exact) mass is 249 g/mol. The highest BCUT2D eigenvalue weighted by Gasteiger charge is 2.02. The molecule has 0 unspecified atom stereocenters. The summed E-state index contributed by atoms with van der Waals surface area (Å²) < 4.78 is 0. The number of para-hydroxylation sites is 1. The van der Waals surface area contributed by atoms with Gasteiger partial charge in [-0.2, -0.15) is 0 Å². The molecule has 4 nitrogen and oxygen atoms in total. The number of halogens is 1.